The van der Waals surface area contributed by atoms with Crippen LogP contribution in [-0.4, -0.2) is 49.1 Å². The molecule has 33 heavy (non-hydrogen) atoms. The molecule has 3 heterocycles. The van der Waals surface area contributed by atoms with E-state index in [2.05, 4.69) is 22.0 Å². The predicted octanol–water partition coefficient (Wildman–Crippen LogP) is 3.49. The smallest absolute Gasteiger partial charge is 0.232 e. The average Bonchev–Trinajstić information content (AvgIpc) is 2.85. The Bertz CT molecular complexity index is 1210. The normalized spacial score (nSPS) is 15.7. The molecule has 0 bridgehead atoms. The number of likely N-dealkylation sites (tertiary alicyclic amines) is 1. The van der Waals surface area contributed by atoms with E-state index in [9.17, 15) is 4.79 Å². The summed E-state index contributed by atoms with van der Waals surface area (Å²) >= 11 is 0. The van der Waals surface area contributed by atoms with E-state index in [1.807, 2.05) is 35.2 Å². The summed E-state index contributed by atoms with van der Waals surface area (Å²) in [4.78, 5) is 21.8. The molecule has 2 aliphatic rings. The van der Waals surface area contributed by atoms with Gasteiger partial charge in [-0.2, -0.15) is 5.26 Å². The Balaban J connectivity index is 1.30. The van der Waals surface area contributed by atoms with E-state index in [4.69, 9.17) is 14.7 Å². The zero-order valence-electron chi connectivity index (χ0n) is 18.4. The van der Waals surface area contributed by atoms with E-state index in [1.54, 1.807) is 31.6 Å². The maximum Gasteiger partial charge on any atom is 0.232 e. The number of nitrogens with zero attached hydrogens (tertiary/aromatic N) is 4. The second-order valence-corrected chi connectivity index (χ2v) is 8.31. The number of nitriles is 1. The van der Waals surface area contributed by atoms with Crippen molar-refractivity contribution in [2.24, 2.45) is 5.92 Å². The molecule has 1 aromatic heterocycles. The van der Waals surface area contributed by atoms with Crippen LogP contribution >= 0.6 is 0 Å². The number of rotatable bonds is 5. The third kappa shape index (κ3) is 4.13. The maximum absolute atomic E-state index is 13.3. The second kappa shape index (κ2) is 8.93. The van der Waals surface area contributed by atoms with Gasteiger partial charge in [-0.25, -0.2) is 0 Å². The van der Waals surface area contributed by atoms with Crippen LogP contribution in [0.15, 0.2) is 60.9 Å². The summed E-state index contributed by atoms with van der Waals surface area (Å²) in [5.41, 5.74) is 4.20. The number of benzene rings is 2. The van der Waals surface area contributed by atoms with Gasteiger partial charge in [0.25, 0.3) is 0 Å². The van der Waals surface area contributed by atoms with Crippen LogP contribution in [0.2, 0.25) is 0 Å². The molecule has 7 heteroatoms. The molecule has 0 unspecified atom stereocenters. The number of pyridine rings is 1. The molecule has 7 nitrogen and oxygen atoms in total. The molecule has 0 radical (unpaired) electrons. The summed E-state index contributed by atoms with van der Waals surface area (Å²) in [5, 5.41) is 9.05. The van der Waals surface area contributed by atoms with Crippen LogP contribution in [0.1, 0.15) is 11.1 Å². The number of hydrogen-bond donors (Lipinski definition) is 0. The van der Waals surface area contributed by atoms with E-state index in [0.717, 1.165) is 36.5 Å². The molecule has 0 N–H and O–H groups in total. The Morgan fingerprint density at radius 1 is 1.21 bits per heavy atom. The van der Waals surface area contributed by atoms with Gasteiger partial charge in [0.1, 0.15) is 18.0 Å². The molecule has 1 saturated heterocycles. The SMILES string of the molecule is COc1cccc(CN2CC(C(=O)N3CCOc4c(-c5ccc(C#N)cc5)cncc43)C2)c1. The fraction of sp³-hybridized carbons (Fsp3) is 0.269. The Hall–Kier alpha value is -3.89. The van der Waals surface area contributed by atoms with E-state index in [1.165, 1.54) is 5.56 Å². The molecule has 0 spiro atoms. The number of aromatic nitrogens is 1. The largest absolute Gasteiger partial charge is 0.497 e. The Labute approximate surface area is 192 Å². The molecule has 3 aromatic rings. The van der Waals surface area contributed by atoms with Crippen LogP contribution in [-0.2, 0) is 11.3 Å². The summed E-state index contributed by atoms with van der Waals surface area (Å²) in [6, 6.07) is 17.4. The zero-order chi connectivity index (χ0) is 22.8. The first kappa shape index (κ1) is 21.0. The van der Waals surface area contributed by atoms with Crippen molar-refractivity contribution in [2.45, 2.75) is 6.54 Å². The third-order valence-electron chi connectivity index (χ3n) is 6.17. The highest BCUT2D eigenvalue weighted by Crippen LogP contribution is 2.40. The number of carbonyl (C=O) groups excluding carboxylic acids is 1. The van der Waals surface area contributed by atoms with Crippen molar-refractivity contribution in [2.75, 3.05) is 38.3 Å². The van der Waals surface area contributed by atoms with Crippen LogP contribution in [0.25, 0.3) is 11.1 Å². The maximum atomic E-state index is 13.3. The number of hydrogen-bond acceptors (Lipinski definition) is 6. The zero-order valence-corrected chi connectivity index (χ0v) is 18.4. The molecule has 2 aliphatic heterocycles. The average molecular weight is 441 g/mol. The summed E-state index contributed by atoms with van der Waals surface area (Å²) in [7, 11) is 1.67. The highest BCUT2D eigenvalue weighted by molar-refractivity contribution is 5.99. The minimum Gasteiger partial charge on any atom is -0.497 e. The van der Waals surface area contributed by atoms with Crippen LogP contribution in [0, 0.1) is 17.2 Å². The van der Waals surface area contributed by atoms with Gasteiger partial charge in [-0.05, 0) is 35.4 Å². The molecule has 1 amide bonds. The van der Waals surface area contributed by atoms with Gasteiger partial charge < -0.3 is 14.4 Å². The van der Waals surface area contributed by atoms with Gasteiger partial charge in [0.15, 0.2) is 5.75 Å². The summed E-state index contributed by atoms with van der Waals surface area (Å²) in [6.45, 7) is 3.20. The van der Waals surface area contributed by atoms with Crippen molar-refractivity contribution in [3.63, 3.8) is 0 Å². The van der Waals surface area contributed by atoms with Crippen molar-refractivity contribution in [1.29, 1.82) is 5.26 Å². The monoisotopic (exact) mass is 440 g/mol. The van der Waals surface area contributed by atoms with E-state index in [0.29, 0.717) is 30.2 Å². The van der Waals surface area contributed by atoms with Crippen LogP contribution < -0.4 is 14.4 Å². The summed E-state index contributed by atoms with van der Waals surface area (Å²) < 4.78 is 11.3. The van der Waals surface area contributed by atoms with Crippen molar-refractivity contribution in [3.05, 3.63) is 72.1 Å². The summed E-state index contributed by atoms with van der Waals surface area (Å²) in [5.74, 6) is 1.58. The quantitative estimate of drug-likeness (QED) is 0.604. The Morgan fingerprint density at radius 2 is 2.03 bits per heavy atom. The van der Waals surface area contributed by atoms with Crippen LogP contribution in [0.4, 0.5) is 5.69 Å². The molecule has 166 valence electrons. The Morgan fingerprint density at radius 3 is 2.79 bits per heavy atom. The van der Waals surface area contributed by atoms with Gasteiger partial charge in [0.2, 0.25) is 5.91 Å². The fourth-order valence-corrected chi connectivity index (χ4v) is 4.40. The first-order valence-electron chi connectivity index (χ1n) is 10.9. The molecule has 2 aromatic carbocycles. The van der Waals surface area contributed by atoms with Crippen molar-refractivity contribution in [3.8, 4) is 28.7 Å². The van der Waals surface area contributed by atoms with E-state index in [-0.39, 0.29) is 11.8 Å². The van der Waals surface area contributed by atoms with Gasteiger partial charge in [-0.15, -0.1) is 0 Å². The molecule has 0 aliphatic carbocycles. The first-order valence-corrected chi connectivity index (χ1v) is 10.9. The van der Waals surface area contributed by atoms with Gasteiger partial charge >= 0.3 is 0 Å². The fourth-order valence-electron chi connectivity index (χ4n) is 4.40. The number of fused-ring (bicyclic) bond motifs is 1. The molecule has 0 atom stereocenters. The van der Waals surface area contributed by atoms with E-state index < -0.39 is 0 Å². The highest BCUT2D eigenvalue weighted by Gasteiger charge is 2.38. The number of amides is 1. The summed E-state index contributed by atoms with van der Waals surface area (Å²) in [6.07, 6.45) is 3.44. The number of methoxy groups -OCH3 is 1. The molecule has 0 saturated carbocycles. The van der Waals surface area contributed by atoms with Gasteiger partial charge in [-0.3, -0.25) is 14.7 Å². The predicted molar refractivity (Wildman–Crippen MR) is 124 cm³/mol. The van der Waals surface area contributed by atoms with Gasteiger partial charge in [0, 0.05) is 31.4 Å². The van der Waals surface area contributed by atoms with E-state index >= 15 is 0 Å². The highest BCUT2D eigenvalue weighted by atomic mass is 16.5. The Kier molecular flexibility index (Phi) is 5.68. The number of anilines is 1. The lowest BCUT2D eigenvalue weighted by atomic mass is 9.96. The minimum atomic E-state index is -0.0416. The third-order valence-corrected chi connectivity index (χ3v) is 6.17. The molecule has 1 fully saturated rings. The standard InChI is InChI=1S/C26H24N4O3/c1-32-22-4-2-3-19(11-22)15-29-16-21(17-29)26(31)30-9-10-33-25-23(13-28-14-24(25)30)20-7-5-18(12-27)6-8-20/h2-8,11,13-14,21H,9-10,15-17H2,1H3. The van der Waals surface area contributed by atoms with Crippen molar-refractivity contribution in [1.82, 2.24) is 9.88 Å². The van der Waals surface area contributed by atoms with Gasteiger partial charge in [-0.1, -0.05) is 24.3 Å². The first-order chi connectivity index (χ1) is 16.2. The molecule has 5 rings (SSSR count). The van der Waals surface area contributed by atoms with Crippen molar-refractivity contribution >= 4 is 11.6 Å². The van der Waals surface area contributed by atoms with Crippen LogP contribution in [0.3, 0.4) is 0 Å². The number of ether oxygens (including phenoxy) is 2. The molecular formula is C26H24N4O3. The lowest BCUT2D eigenvalue weighted by Crippen LogP contribution is -2.55. The van der Waals surface area contributed by atoms with Crippen molar-refractivity contribution < 1.29 is 14.3 Å². The van der Waals surface area contributed by atoms with Crippen LogP contribution in [0.5, 0.6) is 11.5 Å². The molecular weight excluding hydrogens is 416 g/mol. The second-order valence-electron chi connectivity index (χ2n) is 8.31. The number of carbonyl (C=O) groups is 1. The lowest BCUT2D eigenvalue weighted by molar-refractivity contribution is -0.128. The lowest BCUT2D eigenvalue weighted by Gasteiger charge is -2.41. The van der Waals surface area contributed by atoms with Gasteiger partial charge in [0.05, 0.1) is 37.4 Å². The minimum absolute atomic E-state index is 0.0416. The topological polar surface area (TPSA) is 78.7 Å².